The summed E-state index contributed by atoms with van der Waals surface area (Å²) >= 11 is 11.9. The predicted molar refractivity (Wildman–Crippen MR) is 127 cm³/mol. The number of hydrogen-bond acceptors (Lipinski definition) is 3. The number of ketones is 1. The van der Waals surface area contributed by atoms with E-state index in [0.29, 0.717) is 26.7 Å². The van der Waals surface area contributed by atoms with E-state index in [1.54, 1.807) is 54.6 Å². The van der Waals surface area contributed by atoms with E-state index < -0.39 is 5.97 Å². The van der Waals surface area contributed by atoms with Gasteiger partial charge in [0.1, 0.15) is 6.61 Å². The third-order valence-corrected chi connectivity index (χ3v) is 5.74. The number of esters is 1. The second kappa shape index (κ2) is 9.82. The first-order valence-corrected chi connectivity index (χ1v) is 10.7. The van der Waals surface area contributed by atoms with Crippen LogP contribution in [0.2, 0.25) is 10.0 Å². The highest BCUT2D eigenvalue weighted by Gasteiger charge is 2.19. The number of carbonyl (C=O) groups is 2. The molecule has 0 spiro atoms. The largest absolute Gasteiger partial charge is 0.457 e. The Morgan fingerprint density at radius 3 is 1.97 bits per heavy atom. The lowest BCUT2D eigenvalue weighted by Gasteiger charge is -2.10. The Kier molecular flexibility index (Phi) is 6.69. The second-order valence-electron chi connectivity index (χ2n) is 7.14. The van der Waals surface area contributed by atoms with Crippen molar-refractivity contribution in [2.75, 3.05) is 0 Å². The van der Waals surface area contributed by atoms with Crippen molar-refractivity contribution in [3.05, 3.63) is 129 Å². The molecule has 0 atom stereocenters. The van der Waals surface area contributed by atoms with E-state index in [2.05, 4.69) is 0 Å². The monoisotopic (exact) mass is 460 g/mol. The summed E-state index contributed by atoms with van der Waals surface area (Å²) in [6, 6.07) is 28.9. The van der Waals surface area contributed by atoms with E-state index >= 15 is 0 Å². The zero-order valence-electron chi connectivity index (χ0n) is 16.9. The van der Waals surface area contributed by atoms with E-state index in [-0.39, 0.29) is 18.0 Å². The summed E-state index contributed by atoms with van der Waals surface area (Å²) in [7, 11) is 0. The first-order chi connectivity index (χ1) is 15.5. The molecule has 0 aliphatic rings. The summed E-state index contributed by atoms with van der Waals surface area (Å²) in [5.41, 5.74) is 3.78. The molecule has 5 heteroatoms. The maximum Gasteiger partial charge on any atom is 0.339 e. The highest BCUT2D eigenvalue weighted by atomic mass is 35.5. The van der Waals surface area contributed by atoms with E-state index in [9.17, 15) is 9.59 Å². The summed E-state index contributed by atoms with van der Waals surface area (Å²) in [6.07, 6.45) is 0. The van der Waals surface area contributed by atoms with Gasteiger partial charge in [0.15, 0.2) is 5.78 Å². The molecule has 0 N–H and O–H groups in total. The molecule has 0 heterocycles. The molecule has 4 aromatic rings. The summed E-state index contributed by atoms with van der Waals surface area (Å²) in [6.45, 7) is 0.0179. The lowest BCUT2D eigenvalue weighted by Crippen LogP contribution is -2.12. The number of carbonyl (C=O) groups excluding carboxylic acids is 2. The van der Waals surface area contributed by atoms with Crippen LogP contribution in [0.25, 0.3) is 11.1 Å². The molecule has 158 valence electrons. The fourth-order valence-electron chi connectivity index (χ4n) is 3.32. The molecule has 0 unspecified atom stereocenters. The van der Waals surface area contributed by atoms with Crippen LogP contribution in [0.4, 0.5) is 0 Å². The highest BCUT2D eigenvalue weighted by molar-refractivity contribution is 6.42. The Labute approximate surface area is 196 Å². The first-order valence-electron chi connectivity index (χ1n) is 9.93. The maximum atomic E-state index is 13.1. The Bertz CT molecular complexity index is 1270. The third-order valence-electron chi connectivity index (χ3n) is 5.00. The molecule has 0 aliphatic carbocycles. The van der Waals surface area contributed by atoms with Crippen molar-refractivity contribution in [2.24, 2.45) is 0 Å². The van der Waals surface area contributed by atoms with Gasteiger partial charge in [0, 0.05) is 11.1 Å². The second-order valence-corrected chi connectivity index (χ2v) is 7.96. The smallest absolute Gasteiger partial charge is 0.339 e. The van der Waals surface area contributed by atoms with Crippen molar-refractivity contribution >= 4 is 35.0 Å². The first kappa shape index (κ1) is 21.8. The number of hydrogen-bond donors (Lipinski definition) is 0. The van der Waals surface area contributed by atoms with Gasteiger partial charge < -0.3 is 4.74 Å². The van der Waals surface area contributed by atoms with Crippen LogP contribution >= 0.6 is 23.2 Å². The molecule has 0 radical (unpaired) electrons. The molecule has 4 aromatic carbocycles. The fourth-order valence-corrected chi connectivity index (χ4v) is 3.64. The predicted octanol–water partition coefficient (Wildman–Crippen LogP) is 7.25. The van der Waals surface area contributed by atoms with E-state index in [4.69, 9.17) is 27.9 Å². The Hall–Kier alpha value is -3.40. The zero-order chi connectivity index (χ0) is 22.5. The topological polar surface area (TPSA) is 43.4 Å². The number of rotatable bonds is 6. The minimum Gasteiger partial charge on any atom is -0.457 e. The van der Waals surface area contributed by atoms with Gasteiger partial charge in [0.2, 0.25) is 0 Å². The van der Waals surface area contributed by atoms with Crippen molar-refractivity contribution in [2.45, 2.75) is 6.61 Å². The fraction of sp³-hybridized carbons (Fsp3) is 0.0370. The summed E-state index contributed by atoms with van der Waals surface area (Å²) < 4.78 is 5.42. The summed E-state index contributed by atoms with van der Waals surface area (Å²) in [5, 5.41) is 0.811. The molecule has 0 aromatic heterocycles. The number of benzene rings is 4. The molecule has 3 nitrogen and oxygen atoms in total. The van der Waals surface area contributed by atoms with Crippen LogP contribution in [0.1, 0.15) is 31.8 Å². The Balaban J connectivity index is 1.52. The highest BCUT2D eigenvalue weighted by Crippen LogP contribution is 2.24. The molecule has 0 amide bonds. The van der Waals surface area contributed by atoms with Crippen LogP contribution in [-0.4, -0.2) is 11.8 Å². The van der Waals surface area contributed by atoms with Crippen LogP contribution in [0, 0.1) is 0 Å². The molecule has 0 bridgehead atoms. The third kappa shape index (κ3) is 4.91. The van der Waals surface area contributed by atoms with Gasteiger partial charge in [-0.3, -0.25) is 4.79 Å². The molecule has 0 aliphatic heterocycles. The van der Waals surface area contributed by atoms with Crippen molar-refractivity contribution < 1.29 is 14.3 Å². The van der Waals surface area contributed by atoms with Gasteiger partial charge in [-0.1, -0.05) is 102 Å². The van der Waals surface area contributed by atoms with Crippen LogP contribution in [0.3, 0.4) is 0 Å². The van der Waals surface area contributed by atoms with Gasteiger partial charge in [-0.2, -0.15) is 0 Å². The molecule has 0 saturated carbocycles. The van der Waals surface area contributed by atoms with Gasteiger partial charge in [0.05, 0.1) is 15.6 Å². The normalized spacial score (nSPS) is 10.6. The van der Waals surface area contributed by atoms with E-state index in [1.165, 1.54) is 0 Å². The lowest BCUT2D eigenvalue weighted by molar-refractivity contribution is 0.0470. The van der Waals surface area contributed by atoms with E-state index in [1.807, 2.05) is 42.5 Å². The molecular formula is C27H18Cl2O3. The van der Waals surface area contributed by atoms with Crippen molar-refractivity contribution in [3.63, 3.8) is 0 Å². The van der Waals surface area contributed by atoms with Crippen LogP contribution in [0.15, 0.2) is 97.1 Å². The van der Waals surface area contributed by atoms with Gasteiger partial charge in [-0.05, 0) is 34.9 Å². The quantitative estimate of drug-likeness (QED) is 0.224. The van der Waals surface area contributed by atoms with E-state index in [0.717, 1.165) is 11.1 Å². The minimum atomic E-state index is -0.582. The number of ether oxygens (including phenoxy) is 1. The summed E-state index contributed by atoms with van der Waals surface area (Å²) in [5.74, 6) is -0.826. The van der Waals surface area contributed by atoms with Crippen LogP contribution in [-0.2, 0) is 11.3 Å². The standard InChI is InChI=1S/C27H18Cl2O3/c28-24-15-10-18(16-25(24)29)17-32-27(31)23-9-5-4-8-22(23)26(30)21-13-11-20(12-14-21)19-6-2-1-3-7-19/h1-16H,17H2. The molecule has 0 saturated heterocycles. The molecule has 0 fully saturated rings. The van der Waals surface area contributed by atoms with Crippen molar-refractivity contribution in [1.82, 2.24) is 0 Å². The van der Waals surface area contributed by atoms with Crippen molar-refractivity contribution in [1.29, 1.82) is 0 Å². The Morgan fingerprint density at radius 2 is 1.28 bits per heavy atom. The average molecular weight is 461 g/mol. The van der Waals surface area contributed by atoms with Crippen LogP contribution in [0.5, 0.6) is 0 Å². The molecular weight excluding hydrogens is 443 g/mol. The maximum absolute atomic E-state index is 13.1. The summed E-state index contributed by atoms with van der Waals surface area (Å²) in [4.78, 5) is 25.9. The Morgan fingerprint density at radius 1 is 0.656 bits per heavy atom. The minimum absolute atomic E-state index is 0.0179. The van der Waals surface area contributed by atoms with Gasteiger partial charge >= 0.3 is 5.97 Å². The van der Waals surface area contributed by atoms with Gasteiger partial charge in [0.25, 0.3) is 0 Å². The van der Waals surface area contributed by atoms with Crippen molar-refractivity contribution in [3.8, 4) is 11.1 Å². The van der Waals surface area contributed by atoms with Gasteiger partial charge in [-0.15, -0.1) is 0 Å². The SMILES string of the molecule is O=C(OCc1ccc(Cl)c(Cl)c1)c1ccccc1C(=O)c1ccc(-c2ccccc2)cc1. The van der Waals surface area contributed by atoms with Gasteiger partial charge in [-0.25, -0.2) is 4.79 Å². The zero-order valence-corrected chi connectivity index (χ0v) is 18.4. The van der Waals surface area contributed by atoms with Crippen LogP contribution < -0.4 is 0 Å². The molecule has 32 heavy (non-hydrogen) atoms. The lowest BCUT2D eigenvalue weighted by atomic mass is 9.96. The number of halogens is 2. The molecule has 4 rings (SSSR count). The average Bonchev–Trinajstić information content (AvgIpc) is 2.85.